The van der Waals surface area contributed by atoms with Gasteiger partial charge in [-0.2, -0.15) is 0 Å². The van der Waals surface area contributed by atoms with Gasteiger partial charge in [-0.3, -0.25) is 4.90 Å². The third kappa shape index (κ3) is 3.44. The van der Waals surface area contributed by atoms with Crippen molar-refractivity contribution >= 4 is 11.3 Å². The zero-order chi connectivity index (χ0) is 16.2. The fourth-order valence-corrected chi connectivity index (χ4v) is 3.44. The Hall–Kier alpha value is -2.32. The molecule has 24 heavy (non-hydrogen) atoms. The van der Waals surface area contributed by atoms with Crippen LogP contribution in [0.3, 0.4) is 0 Å². The standard InChI is InChI=1S/C16H18N6OS/c1-2-5-17-15(3-1)23-12-14-20-19-13-4-7-21(8-9-22(13)14)11-16-18-6-10-24-16/h1-3,5-6,10H,4,7-9,11-12H2. The number of pyridine rings is 1. The van der Waals surface area contributed by atoms with E-state index < -0.39 is 0 Å². The molecule has 1 aliphatic heterocycles. The van der Waals surface area contributed by atoms with Crippen LogP contribution in [0, 0.1) is 0 Å². The number of rotatable bonds is 5. The molecular formula is C16H18N6OS. The Kier molecular flexibility index (Phi) is 4.48. The summed E-state index contributed by atoms with van der Waals surface area (Å²) in [4.78, 5) is 11.0. The average molecular weight is 342 g/mol. The molecule has 124 valence electrons. The van der Waals surface area contributed by atoms with Crippen LogP contribution in [0.25, 0.3) is 0 Å². The molecule has 4 rings (SSSR count). The molecule has 0 bridgehead atoms. The van der Waals surface area contributed by atoms with Crippen molar-refractivity contribution in [2.45, 2.75) is 26.1 Å². The van der Waals surface area contributed by atoms with Gasteiger partial charge < -0.3 is 9.30 Å². The van der Waals surface area contributed by atoms with Crippen LogP contribution in [0.1, 0.15) is 16.7 Å². The smallest absolute Gasteiger partial charge is 0.213 e. The van der Waals surface area contributed by atoms with Gasteiger partial charge in [-0.1, -0.05) is 6.07 Å². The number of hydrogen-bond donors (Lipinski definition) is 0. The van der Waals surface area contributed by atoms with Crippen LogP contribution in [-0.2, 0) is 26.1 Å². The van der Waals surface area contributed by atoms with Crippen LogP contribution in [0.15, 0.2) is 36.0 Å². The highest BCUT2D eigenvalue weighted by Gasteiger charge is 2.19. The zero-order valence-electron chi connectivity index (χ0n) is 13.2. The van der Waals surface area contributed by atoms with Gasteiger partial charge in [0.05, 0.1) is 6.54 Å². The van der Waals surface area contributed by atoms with Gasteiger partial charge in [0.25, 0.3) is 0 Å². The van der Waals surface area contributed by atoms with Gasteiger partial charge in [0.15, 0.2) is 5.82 Å². The van der Waals surface area contributed by atoms with E-state index in [1.807, 2.05) is 29.8 Å². The highest BCUT2D eigenvalue weighted by Crippen LogP contribution is 2.15. The van der Waals surface area contributed by atoms with Gasteiger partial charge in [-0.05, 0) is 6.07 Å². The van der Waals surface area contributed by atoms with E-state index in [0.29, 0.717) is 12.5 Å². The Morgan fingerprint density at radius 1 is 1.08 bits per heavy atom. The molecule has 3 aromatic rings. The first-order valence-corrected chi connectivity index (χ1v) is 8.82. The molecule has 0 aliphatic carbocycles. The van der Waals surface area contributed by atoms with Crippen LogP contribution >= 0.6 is 11.3 Å². The second kappa shape index (κ2) is 7.06. The summed E-state index contributed by atoms with van der Waals surface area (Å²) in [5.74, 6) is 2.48. The molecule has 0 aromatic carbocycles. The van der Waals surface area contributed by atoms with Gasteiger partial charge in [0, 0.05) is 49.9 Å². The van der Waals surface area contributed by atoms with E-state index in [0.717, 1.165) is 49.3 Å². The first-order valence-electron chi connectivity index (χ1n) is 7.94. The monoisotopic (exact) mass is 342 g/mol. The second-order valence-electron chi connectivity index (χ2n) is 5.59. The van der Waals surface area contributed by atoms with Crippen LogP contribution in [0.4, 0.5) is 0 Å². The fraction of sp³-hybridized carbons (Fsp3) is 0.375. The molecule has 3 aromatic heterocycles. The second-order valence-corrected chi connectivity index (χ2v) is 6.57. The lowest BCUT2D eigenvalue weighted by Crippen LogP contribution is -2.26. The van der Waals surface area contributed by atoms with E-state index >= 15 is 0 Å². The van der Waals surface area contributed by atoms with Crippen LogP contribution < -0.4 is 4.74 Å². The predicted octanol–water partition coefficient (Wildman–Crippen LogP) is 1.77. The molecule has 0 N–H and O–H groups in total. The lowest BCUT2D eigenvalue weighted by molar-refractivity contribution is 0.258. The third-order valence-corrected chi connectivity index (χ3v) is 4.79. The van der Waals surface area contributed by atoms with E-state index in [2.05, 4.69) is 29.6 Å². The maximum atomic E-state index is 5.71. The van der Waals surface area contributed by atoms with E-state index in [-0.39, 0.29) is 0 Å². The number of ether oxygens (including phenoxy) is 1. The Morgan fingerprint density at radius 2 is 2.08 bits per heavy atom. The summed E-state index contributed by atoms with van der Waals surface area (Å²) >= 11 is 1.70. The zero-order valence-corrected chi connectivity index (χ0v) is 14.0. The maximum absolute atomic E-state index is 5.71. The normalized spacial score (nSPS) is 15.0. The minimum Gasteiger partial charge on any atom is -0.469 e. The summed E-state index contributed by atoms with van der Waals surface area (Å²) in [7, 11) is 0. The highest BCUT2D eigenvalue weighted by molar-refractivity contribution is 7.09. The van der Waals surface area contributed by atoms with E-state index in [1.54, 1.807) is 17.5 Å². The summed E-state index contributed by atoms with van der Waals surface area (Å²) in [5, 5.41) is 11.8. The van der Waals surface area contributed by atoms with Crippen molar-refractivity contribution in [3.05, 3.63) is 52.6 Å². The van der Waals surface area contributed by atoms with Crippen molar-refractivity contribution in [1.29, 1.82) is 0 Å². The molecule has 0 atom stereocenters. The minimum atomic E-state index is 0.385. The SMILES string of the molecule is c1ccc(OCc2nnc3n2CCN(Cc2nccs2)CC3)nc1. The van der Waals surface area contributed by atoms with Gasteiger partial charge in [0.1, 0.15) is 17.4 Å². The Balaban J connectivity index is 1.40. The largest absolute Gasteiger partial charge is 0.469 e. The van der Waals surface area contributed by atoms with Crippen molar-refractivity contribution in [2.24, 2.45) is 0 Å². The quantitative estimate of drug-likeness (QED) is 0.704. The fourth-order valence-electron chi connectivity index (χ4n) is 2.78. The molecule has 1 aliphatic rings. The van der Waals surface area contributed by atoms with Crippen molar-refractivity contribution in [1.82, 2.24) is 29.6 Å². The summed E-state index contributed by atoms with van der Waals surface area (Å²) in [6.45, 7) is 4.08. The number of fused-ring (bicyclic) bond motifs is 1. The molecule has 8 heteroatoms. The third-order valence-electron chi connectivity index (χ3n) is 4.02. The van der Waals surface area contributed by atoms with Gasteiger partial charge >= 0.3 is 0 Å². The minimum absolute atomic E-state index is 0.385. The molecule has 0 spiro atoms. The molecule has 0 saturated carbocycles. The number of thiazole rings is 1. The Labute approximate surface area is 144 Å². The number of hydrogen-bond acceptors (Lipinski definition) is 7. The van der Waals surface area contributed by atoms with Crippen molar-refractivity contribution in [3.63, 3.8) is 0 Å². The topological polar surface area (TPSA) is 69.0 Å². The molecule has 0 amide bonds. The number of aromatic nitrogens is 5. The Bertz CT molecular complexity index is 773. The van der Waals surface area contributed by atoms with E-state index in [9.17, 15) is 0 Å². The van der Waals surface area contributed by atoms with Crippen molar-refractivity contribution < 1.29 is 4.74 Å². The summed E-state index contributed by atoms with van der Waals surface area (Å²) in [6.07, 6.45) is 4.47. The van der Waals surface area contributed by atoms with Gasteiger partial charge in [0.2, 0.25) is 5.88 Å². The van der Waals surface area contributed by atoms with Gasteiger partial charge in [-0.25, -0.2) is 9.97 Å². The Morgan fingerprint density at radius 3 is 2.92 bits per heavy atom. The molecular weight excluding hydrogens is 324 g/mol. The first-order chi connectivity index (χ1) is 11.9. The number of nitrogens with zero attached hydrogens (tertiary/aromatic N) is 6. The summed E-state index contributed by atoms with van der Waals surface area (Å²) < 4.78 is 7.88. The highest BCUT2D eigenvalue weighted by atomic mass is 32.1. The van der Waals surface area contributed by atoms with Crippen LogP contribution in [0.2, 0.25) is 0 Å². The maximum Gasteiger partial charge on any atom is 0.213 e. The van der Waals surface area contributed by atoms with E-state index in [4.69, 9.17) is 4.74 Å². The average Bonchev–Trinajstić information content (AvgIpc) is 3.21. The predicted molar refractivity (Wildman–Crippen MR) is 89.7 cm³/mol. The molecule has 0 radical (unpaired) electrons. The molecule has 7 nitrogen and oxygen atoms in total. The lowest BCUT2D eigenvalue weighted by Gasteiger charge is -2.17. The van der Waals surface area contributed by atoms with Crippen molar-refractivity contribution in [3.8, 4) is 5.88 Å². The summed E-state index contributed by atoms with van der Waals surface area (Å²) in [6, 6.07) is 5.62. The molecule has 4 heterocycles. The lowest BCUT2D eigenvalue weighted by atomic mass is 10.4. The van der Waals surface area contributed by atoms with Crippen LogP contribution in [-0.4, -0.2) is 42.7 Å². The molecule has 0 fully saturated rings. The summed E-state index contributed by atoms with van der Waals surface area (Å²) in [5.41, 5.74) is 0. The molecule has 0 unspecified atom stereocenters. The van der Waals surface area contributed by atoms with Crippen molar-refractivity contribution in [2.75, 3.05) is 13.1 Å². The first kappa shape index (κ1) is 15.2. The van der Waals surface area contributed by atoms with E-state index in [1.165, 1.54) is 0 Å². The molecule has 0 saturated heterocycles. The van der Waals surface area contributed by atoms with Crippen LogP contribution in [0.5, 0.6) is 5.88 Å². The van der Waals surface area contributed by atoms with Gasteiger partial charge in [-0.15, -0.1) is 21.5 Å².